The Morgan fingerprint density at radius 1 is 1.33 bits per heavy atom. The minimum Gasteiger partial charge on any atom is -0.309 e. The average molecular weight is 211 g/mol. The summed E-state index contributed by atoms with van der Waals surface area (Å²) < 4.78 is 2.68. The summed E-state index contributed by atoms with van der Waals surface area (Å²) in [4.78, 5) is 25.0. The van der Waals surface area contributed by atoms with E-state index < -0.39 is 0 Å². The van der Waals surface area contributed by atoms with Crippen LogP contribution in [-0.4, -0.2) is 34.7 Å². The summed E-state index contributed by atoms with van der Waals surface area (Å²) >= 11 is 0. The highest BCUT2D eigenvalue weighted by Crippen LogP contribution is 1.85. The molecule has 0 aliphatic carbocycles. The van der Waals surface area contributed by atoms with E-state index >= 15 is 0 Å². The van der Waals surface area contributed by atoms with Gasteiger partial charge in [0.15, 0.2) is 0 Å². The van der Waals surface area contributed by atoms with Crippen molar-refractivity contribution in [2.75, 3.05) is 20.6 Å². The lowest BCUT2D eigenvalue weighted by molar-refractivity contribution is 0.381. The third-order valence-corrected chi connectivity index (χ3v) is 2.23. The molecule has 0 bridgehead atoms. The fourth-order valence-corrected chi connectivity index (χ4v) is 1.36. The number of hydrogen-bond acceptors (Lipinski definition) is 3. The van der Waals surface area contributed by atoms with Crippen molar-refractivity contribution in [3.63, 3.8) is 0 Å². The van der Waals surface area contributed by atoms with Crippen molar-refractivity contribution in [2.45, 2.75) is 13.0 Å². The lowest BCUT2D eigenvalue weighted by atomic mass is 10.4. The molecule has 0 aliphatic rings. The first kappa shape index (κ1) is 11.7. The molecule has 84 valence electrons. The largest absolute Gasteiger partial charge is 0.330 e. The van der Waals surface area contributed by atoms with Crippen molar-refractivity contribution >= 4 is 0 Å². The molecule has 0 aromatic carbocycles. The Morgan fingerprint density at radius 2 is 2.00 bits per heavy atom. The van der Waals surface area contributed by atoms with Gasteiger partial charge in [0.05, 0.1) is 0 Å². The zero-order valence-electron chi connectivity index (χ0n) is 9.43. The van der Waals surface area contributed by atoms with Crippen molar-refractivity contribution in [1.29, 1.82) is 0 Å². The highest BCUT2D eigenvalue weighted by molar-refractivity contribution is 4.85. The van der Waals surface area contributed by atoms with E-state index in [2.05, 4.69) is 0 Å². The molecule has 0 unspecified atom stereocenters. The van der Waals surface area contributed by atoms with Gasteiger partial charge in [0, 0.05) is 25.9 Å². The molecular formula is C10H17N3O2. The van der Waals surface area contributed by atoms with Crippen LogP contribution >= 0.6 is 0 Å². The van der Waals surface area contributed by atoms with Crippen molar-refractivity contribution in [3.05, 3.63) is 33.1 Å². The topological polar surface area (TPSA) is 47.2 Å². The van der Waals surface area contributed by atoms with Crippen LogP contribution in [0.2, 0.25) is 0 Å². The summed E-state index contributed by atoms with van der Waals surface area (Å²) in [6.07, 6.45) is 2.29. The van der Waals surface area contributed by atoms with Crippen LogP contribution in [0.5, 0.6) is 0 Å². The lowest BCUT2D eigenvalue weighted by Crippen LogP contribution is -2.38. The molecule has 0 saturated carbocycles. The highest BCUT2D eigenvalue weighted by Gasteiger charge is 2.02. The summed E-state index contributed by atoms with van der Waals surface area (Å²) in [6, 6.07) is 1.41. The third kappa shape index (κ3) is 3.06. The molecule has 1 aromatic rings. The molecule has 15 heavy (non-hydrogen) atoms. The Bertz CT molecular complexity index is 431. The van der Waals surface area contributed by atoms with Gasteiger partial charge in [-0.15, -0.1) is 0 Å². The predicted molar refractivity (Wildman–Crippen MR) is 59.1 cm³/mol. The van der Waals surface area contributed by atoms with Gasteiger partial charge in [0.25, 0.3) is 5.56 Å². The molecule has 0 amide bonds. The maximum atomic E-state index is 11.6. The molecular weight excluding hydrogens is 194 g/mol. The van der Waals surface area contributed by atoms with Crippen LogP contribution in [0.1, 0.15) is 6.42 Å². The molecule has 5 nitrogen and oxygen atoms in total. The number of rotatable bonds is 4. The van der Waals surface area contributed by atoms with Crippen LogP contribution in [0.3, 0.4) is 0 Å². The minimum atomic E-state index is -0.249. The maximum absolute atomic E-state index is 11.6. The summed E-state index contributed by atoms with van der Waals surface area (Å²) in [5, 5.41) is 0. The standard InChI is InChI=1S/C10H17N3O2/c1-11(2)6-4-7-13-9(14)5-8-12(3)10(13)15/h5,8H,4,6-7H2,1-3H3. The van der Waals surface area contributed by atoms with E-state index in [9.17, 15) is 9.59 Å². The first-order valence-electron chi connectivity index (χ1n) is 4.93. The van der Waals surface area contributed by atoms with E-state index in [0.29, 0.717) is 6.54 Å². The number of nitrogens with zero attached hydrogens (tertiary/aromatic N) is 3. The smallest absolute Gasteiger partial charge is 0.309 e. The highest BCUT2D eigenvalue weighted by atomic mass is 16.2. The van der Waals surface area contributed by atoms with Crippen LogP contribution in [-0.2, 0) is 13.6 Å². The van der Waals surface area contributed by atoms with Gasteiger partial charge >= 0.3 is 5.69 Å². The fraction of sp³-hybridized carbons (Fsp3) is 0.600. The SMILES string of the molecule is CN(C)CCCn1c(=O)ccn(C)c1=O. The molecule has 5 heteroatoms. The van der Waals surface area contributed by atoms with Gasteiger partial charge in [-0.05, 0) is 27.1 Å². The molecule has 0 aliphatic heterocycles. The van der Waals surface area contributed by atoms with Crippen molar-refractivity contribution in [1.82, 2.24) is 14.0 Å². The zero-order chi connectivity index (χ0) is 11.4. The van der Waals surface area contributed by atoms with Gasteiger partial charge in [0.2, 0.25) is 0 Å². The van der Waals surface area contributed by atoms with Crippen molar-refractivity contribution in [3.8, 4) is 0 Å². The summed E-state index contributed by atoms with van der Waals surface area (Å²) in [5.74, 6) is 0. The van der Waals surface area contributed by atoms with Crippen LogP contribution in [0.25, 0.3) is 0 Å². The molecule has 0 spiro atoms. The Morgan fingerprint density at radius 3 is 2.60 bits per heavy atom. The molecule has 0 atom stereocenters. The molecule has 1 heterocycles. The second-order valence-electron chi connectivity index (χ2n) is 3.86. The normalized spacial score (nSPS) is 10.9. The molecule has 0 saturated heterocycles. The van der Waals surface area contributed by atoms with Gasteiger partial charge in [-0.25, -0.2) is 4.79 Å². The monoisotopic (exact) mass is 211 g/mol. The van der Waals surface area contributed by atoms with Gasteiger partial charge < -0.3 is 9.47 Å². The van der Waals surface area contributed by atoms with Gasteiger partial charge in [-0.3, -0.25) is 9.36 Å². The van der Waals surface area contributed by atoms with E-state index in [1.165, 1.54) is 21.4 Å². The first-order valence-corrected chi connectivity index (χ1v) is 4.93. The van der Waals surface area contributed by atoms with E-state index in [0.717, 1.165) is 13.0 Å². The fourth-order valence-electron chi connectivity index (χ4n) is 1.36. The summed E-state index contributed by atoms with van der Waals surface area (Å²) in [7, 11) is 5.57. The number of aromatic nitrogens is 2. The zero-order valence-corrected chi connectivity index (χ0v) is 9.43. The molecule has 0 N–H and O–H groups in total. The van der Waals surface area contributed by atoms with Crippen molar-refractivity contribution < 1.29 is 0 Å². The van der Waals surface area contributed by atoms with Crippen molar-refractivity contribution in [2.24, 2.45) is 7.05 Å². The summed E-state index contributed by atoms with van der Waals surface area (Å²) in [6.45, 7) is 1.34. The van der Waals surface area contributed by atoms with E-state index in [4.69, 9.17) is 0 Å². The van der Waals surface area contributed by atoms with Crippen LogP contribution in [0.4, 0.5) is 0 Å². The predicted octanol–water partition coefficient (Wildman–Crippen LogP) is -0.501. The van der Waals surface area contributed by atoms with E-state index in [-0.39, 0.29) is 11.2 Å². The second kappa shape index (κ2) is 4.93. The minimum absolute atomic E-state index is 0.225. The average Bonchev–Trinajstić information content (AvgIpc) is 2.17. The Labute approximate surface area is 88.6 Å². The van der Waals surface area contributed by atoms with Gasteiger partial charge in [-0.1, -0.05) is 0 Å². The summed E-state index contributed by atoms with van der Waals surface area (Å²) in [5.41, 5.74) is -0.474. The van der Waals surface area contributed by atoms with Crippen LogP contribution in [0, 0.1) is 0 Å². The third-order valence-electron chi connectivity index (χ3n) is 2.23. The first-order chi connectivity index (χ1) is 7.02. The number of aryl methyl sites for hydroxylation is 1. The number of hydrogen-bond donors (Lipinski definition) is 0. The lowest BCUT2D eigenvalue weighted by Gasteiger charge is -2.10. The van der Waals surface area contributed by atoms with Crippen LogP contribution < -0.4 is 11.2 Å². The van der Waals surface area contributed by atoms with E-state index in [1.807, 2.05) is 19.0 Å². The Balaban J connectivity index is 2.81. The van der Waals surface area contributed by atoms with E-state index in [1.54, 1.807) is 7.05 Å². The maximum Gasteiger partial charge on any atom is 0.330 e. The second-order valence-corrected chi connectivity index (χ2v) is 3.86. The molecule has 0 radical (unpaired) electrons. The van der Waals surface area contributed by atoms with Gasteiger partial charge in [0.1, 0.15) is 0 Å². The van der Waals surface area contributed by atoms with Gasteiger partial charge in [-0.2, -0.15) is 0 Å². The molecule has 0 fully saturated rings. The quantitative estimate of drug-likeness (QED) is 0.674. The Hall–Kier alpha value is -1.36. The molecule has 1 aromatic heterocycles. The Kier molecular flexibility index (Phi) is 3.85. The van der Waals surface area contributed by atoms with Crippen LogP contribution in [0.15, 0.2) is 21.9 Å². The molecule has 1 rings (SSSR count).